The number of methoxy groups -OCH3 is 1. The zero-order valence-electron chi connectivity index (χ0n) is 20.9. The first-order valence-electron chi connectivity index (χ1n) is 11.6. The highest BCUT2D eigenvalue weighted by molar-refractivity contribution is 8.13. The molecule has 5 rings (SSSR count). The first-order valence-corrected chi connectivity index (χ1v) is 12.6. The van der Waals surface area contributed by atoms with Crippen LogP contribution < -0.4 is 9.64 Å². The minimum absolute atomic E-state index is 0.151. The second kappa shape index (κ2) is 9.62. The van der Waals surface area contributed by atoms with Gasteiger partial charge in [-0.3, -0.25) is 14.1 Å². The summed E-state index contributed by atoms with van der Waals surface area (Å²) in [6, 6.07) is 15.7. The van der Waals surface area contributed by atoms with Gasteiger partial charge in [0.1, 0.15) is 11.4 Å². The molecule has 182 valence electrons. The Labute approximate surface area is 214 Å². The molecule has 2 aromatic carbocycles. The average molecular weight is 498 g/mol. The Bertz CT molecular complexity index is 1520. The number of amidine groups is 1. The fraction of sp³-hybridized carbons (Fsp3) is 0.214. The molecule has 2 aromatic heterocycles. The molecule has 3 heterocycles. The van der Waals surface area contributed by atoms with Crippen molar-refractivity contribution in [3.05, 3.63) is 94.2 Å². The van der Waals surface area contributed by atoms with Gasteiger partial charge >= 0.3 is 0 Å². The van der Waals surface area contributed by atoms with Crippen molar-refractivity contribution in [3.63, 3.8) is 0 Å². The lowest BCUT2D eigenvalue weighted by Crippen LogP contribution is -2.30. The summed E-state index contributed by atoms with van der Waals surface area (Å²) in [7, 11) is 1.63. The van der Waals surface area contributed by atoms with Gasteiger partial charge in [-0.15, -0.1) is 0 Å². The minimum Gasteiger partial charge on any atom is -0.497 e. The number of aryl methyl sites for hydroxylation is 4. The number of ether oxygens (including phenoxy) is 1. The molecule has 8 heteroatoms. The minimum atomic E-state index is -0.151. The third kappa shape index (κ3) is 4.77. The Morgan fingerprint density at radius 2 is 1.69 bits per heavy atom. The molecule has 7 nitrogen and oxygen atoms in total. The van der Waals surface area contributed by atoms with Crippen molar-refractivity contribution in [1.82, 2.24) is 14.4 Å². The molecule has 36 heavy (non-hydrogen) atoms. The van der Waals surface area contributed by atoms with Gasteiger partial charge < -0.3 is 4.74 Å². The first-order chi connectivity index (χ1) is 17.3. The summed E-state index contributed by atoms with van der Waals surface area (Å²) >= 11 is 1.49. The van der Waals surface area contributed by atoms with E-state index < -0.39 is 0 Å². The molecular weight excluding hydrogens is 470 g/mol. The van der Waals surface area contributed by atoms with Gasteiger partial charge in [0.2, 0.25) is 5.78 Å². The molecule has 1 amide bonds. The molecule has 0 saturated carbocycles. The van der Waals surface area contributed by atoms with Crippen molar-refractivity contribution in [2.45, 2.75) is 33.4 Å². The van der Waals surface area contributed by atoms with Crippen LogP contribution in [0.25, 0.3) is 11.9 Å². The van der Waals surface area contributed by atoms with Crippen molar-refractivity contribution < 1.29 is 9.53 Å². The number of aliphatic imine (C=N–C) groups is 1. The van der Waals surface area contributed by atoms with Crippen molar-refractivity contribution in [3.8, 4) is 5.75 Å². The lowest BCUT2D eigenvalue weighted by Gasteiger charge is -2.19. The quantitative estimate of drug-likeness (QED) is 0.333. The van der Waals surface area contributed by atoms with E-state index in [2.05, 4.69) is 16.0 Å². The highest BCUT2D eigenvalue weighted by Gasteiger charge is 2.32. The number of fused-ring (bicyclic) bond motifs is 1. The number of carbonyl (C=O) groups is 1. The normalized spacial score (nSPS) is 14.7. The van der Waals surface area contributed by atoms with Gasteiger partial charge in [-0.25, -0.2) is 15.0 Å². The zero-order valence-corrected chi connectivity index (χ0v) is 21.8. The summed E-state index contributed by atoms with van der Waals surface area (Å²) in [4.78, 5) is 29.3. The predicted molar refractivity (Wildman–Crippen MR) is 146 cm³/mol. The summed E-state index contributed by atoms with van der Waals surface area (Å²) in [5, 5.41) is 0.627. The van der Waals surface area contributed by atoms with Crippen LogP contribution in [0, 0.1) is 27.7 Å². The van der Waals surface area contributed by atoms with E-state index in [1.54, 1.807) is 12.0 Å². The fourth-order valence-corrected chi connectivity index (χ4v) is 5.18. The Morgan fingerprint density at radius 1 is 0.972 bits per heavy atom. The monoisotopic (exact) mass is 497 g/mol. The molecule has 0 aliphatic carbocycles. The van der Waals surface area contributed by atoms with Crippen molar-refractivity contribution >= 4 is 40.4 Å². The molecule has 1 aliphatic rings. The first kappa shape index (κ1) is 23.8. The number of aromatic nitrogens is 3. The fourth-order valence-electron chi connectivity index (χ4n) is 4.28. The highest BCUT2D eigenvalue weighted by atomic mass is 32.2. The van der Waals surface area contributed by atoms with Crippen molar-refractivity contribution in [2.75, 3.05) is 12.0 Å². The van der Waals surface area contributed by atoms with Crippen LogP contribution in [-0.4, -0.2) is 32.6 Å². The van der Waals surface area contributed by atoms with Crippen LogP contribution in [0.3, 0.4) is 0 Å². The number of imidazole rings is 1. The summed E-state index contributed by atoms with van der Waals surface area (Å²) in [5.41, 5.74) is 7.16. The van der Waals surface area contributed by atoms with E-state index in [-0.39, 0.29) is 5.91 Å². The molecule has 0 saturated heterocycles. The second-order valence-corrected chi connectivity index (χ2v) is 9.86. The second-order valence-electron chi connectivity index (χ2n) is 8.91. The van der Waals surface area contributed by atoms with Crippen LogP contribution in [0.15, 0.2) is 65.4 Å². The number of hydrogen-bond donors (Lipinski definition) is 0. The van der Waals surface area contributed by atoms with Gasteiger partial charge in [0.15, 0.2) is 5.17 Å². The number of nitrogens with zero attached hydrogens (tertiary/aromatic N) is 5. The number of anilines is 1. The molecule has 0 atom stereocenters. The number of thioether (sulfide) groups is 1. The summed E-state index contributed by atoms with van der Waals surface area (Å²) < 4.78 is 7.23. The largest absolute Gasteiger partial charge is 0.497 e. The van der Waals surface area contributed by atoms with Gasteiger partial charge in [-0.05, 0) is 80.8 Å². The van der Waals surface area contributed by atoms with Crippen LogP contribution in [0.5, 0.6) is 5.75 Å². The highest BCUT2D eigenvalue weighted by Crippen LogP contribution is 2.32. The van der Waals surface area contributed by atoms with E-state index in [4.69, 9.17) is 9.73 Å². The summed E-state index contributed by atoms with van der Waals surface area (Å²) in [6.07, 6.45) is 3.81. The average Bonchev–Trinajstić information content (AvgIpc) is 3.38. The van der Waals surface area contributed by atoms with Crippen LogP contribution in [-0.2, 0) is 10.5 Å². The van der Waals surface area contributed by atoms with Gasteiger partial charge in [0, 0.05) is 23.3 Å². The number of benzene rings is 2. The Balaban J connectivity index is 1.49. The van der Waals surface area contributed by atoms with E-state index in [1.807, 2.05) is 86.8 Å². The Hall–Kier alpha value is -3.91. The smallest absolute Gasteiger partial charge is 0.283 e. The van der Waals surface area contributed by atoms with Gasteiger partial charge in [-0.1, -0.05) is 30.0 Å². The Morgan fingerprint density at radius 3 is 2.39 bits per heavy atom. The van der Waals surface area contributed by atoms with Crippen LogP contribution in [0.1, 0.15) is 33.8 Å². The summed E-state index contributed by atoms with van der Waals surface area (Å²) in [5.74, 6) is 1.85. The van der Waals surface area contributed by atoms with Gasteiger partial charge in [-0.2, -0.15) is 0 Å². The number of hydrogen-bond acceptors (Lipinski definition) is 6. The summed E-state index contributed by atoms with van der Waals surface area (Å²) in [6.45, 7) is 8.07. The lowest BCUT2D eigenvalue weighted by molar-refractivity contribution is -0.113. The van der Waals surface area contributed by atoms with E-state index in [9.17, 15) is 4.79 Å². The Kier molecular flexibility index (Phi) is 6.36. The molecule has 0 fully saturated rings. The predicted octanol–water partition coefficient (Wildman–Crippen LogP) is 5.65. The molecular formula is C28H27N5O2S. The standard InChI is InChI=1S/C28H27N5O2S/c1-17-10-18(2)12-23(11-17)33-26(34)25(14-21-6-8-24(35-5)9-7-21)31-28(33)36-16-22-15-32-20(4)13-19(3)29-27(32)30-22/h6-15H,16H2,1-5H3/b25-14-. The molecule has 0 N–H and O–H groups in total. The molecule has 0 unspecified atom stereocenters. The van der Waals surface area contributed by atoms with Crippen molar-refractivity contribution in [1.29, 1.82) is 0 Å². The number of amides is 1. The van der Waals surface area contributed by atoms with E-state index >= 15 is 0 Å². The van der Waals surface area contributed by atoms with E-state index in [1.165, 1.54) is 11.8 Å². The maximum atomic E-state index is 13.6. The molecule has 0 spiro atoms. The number of rotatable bonds is 5. The van der Waals surface area contributed by atoms with E-state index in [0.717, 1.165) is 45.2 Å². The topological polar surface area (TPSA) is 72.1 Å². The third-order valence-corrected chi connectivity index (χ3v) is 6.85. The van der Waals surface area contributed by atoms with Crippen molar-refractivity contribution in [2.24, 2.45) is 4.99 Å². The lowest BCUT2D eigenvalue weighted by atomic mass is 10.1. The van der Waals surface area contributed by atoms with Gasteiger partial charge in [0.25, 0.3) is 5.91 Å². The molecule has 0 radical (unpaired) electrons. The third-order valence-electron chi connectivity index (χ3n) is 5.87. The maximum Gasteiger partial charge on any atom is 0.283 e. The van der Waals surface area contributed by atoms with E-state index in [0.29, 0.717) is 22.4 Å². The molecule has 4 aromatic rings. The number of carbonyl (C=O) groups excluding carboxylic acids is 1. The zero-order chi connectivity index (χ0) is 25.4. The van der Waals surface area contributed by atoms with Crippen LogP contribution in [0.2, 0.25) is 0 Å². The maximum absolute atomic E-state index is 13.6. The van der Waals surface area contributed by atoms with Crippen LogP contribution >= 0.6 is 11.8 Å². The molecule has 1 aliphatic heterocycles. The SMILES string of the molecule is COc1ccc(/C=C2\N=C(SCc3cn4c(C)cc(C)nc4n3)N(c3cc(C)cc(C)c3)C2=O)cc1. The van der Waals surface area contributed by atoms with Gasteiger partial charge in [0.05, 0.1) is 18.5 Å². The molecule has 0 bridgehead atoms. The van der Waals surface area contributed by atoms with Crippen LogP contribution in [0.4, 0.5) is 5.69 Å².